The molecule has 0 saturated carbocycles. The summed E-state index contributed by atoms with van der Waals surface area (Å²) in [5, 5.41) is 4.86. The predicted octanol–water partition coefficient (Wildman–Crippen LogP) is 6.52. The van der Waals surface area contributed by atoms with Crippen molar-refractivity contribution in [1.29, 1.82) is 0 Å². The third-order valence-corrected chi connectivity index (χ3v) is 7.25. The fourth-order valence-electron chi connectivity index (χ4n) is 5.02. The minimum Gasteiger partial charge on any atom is -0.489 e. The quantitative estimate of drug-likeness (QED) is 0.258. The van der Waals surface area contributed by atoms with E-state index in [2.05, 4.69) is 80.2 Å². The van der Waals surface area contributed by atoms with Gasteiger partial charge in [-0.2, -0.15) is 0 Å². The first kappa shape index (κ1) is 21.0. The van der Waals surface area contributed by atoms with Gasteiger partial charge >= 0.3 is 0 Å². The minimum atomic E-state index is 0.700. The van der Waals surface area contributed by atoms with Crippen molar-refractivity contribution >= 4 is 59.5 Å². The summed E-state index contributed by atoms with van der Waals surface area (Å²) < 4.78 is 13.1. The van der Waals surface area contributed by atoms with E-state index in [1.165, 1.54) is 27.1 Å². The maximum atomic E-state index is 6.52. The first-order valence-corrected chi connectivity index (χ1v) is 12.6. The second-order valence-corrected chi connectivity index (χ2v) is 9.97. The monoisotopic (exact) mass is 505 g/mol. The molecular weight excluding hydrogens is 478 g/mol. The van der Waals surface area contributed by atoms with E-state index in [0.717, 1.165) is 78.0 Å². The van der Waals surface area contributed by atoms with Crippen molar-refractivity contribution in [2.45, 2.75) is 19.8 Å². The van der Waals surface area contributed by atoms with Crippen LogP contribution in [0.4, 0.5) is 0 Å². The van der Waals surface area contributed by atoms with Crippen LogP contribution in [0.5, 0.6) is 5.75 Å². The molecular formula is C27H28BrN3O2. The van der Waals surface area contributed by atoms with Crippen LogP contribution in [-0.4, -0.2) is 54.3 Å². The molecule has 0 amide bonds. The Morgan fingerprint density at radius 1 is 0.879 bits per heavy atom. The standard InChI is InChI=1S/C27H28BrN3O2/c1-17-4-6-23-19(14-17)21-16-22-20-15-18(28)5-7-24(20)30-26(22)27(25(21)29-23)33-11-3-2-8-31-9-12-32-13-10-31/h4-7,14-16,29-30H,2-3,8-13H2,1H3. The zero-order chi connectivity index (χ0) is 22.4. The summed E-state index contributed by atoms with van der Waals surface area (Å²) in [6.45, 7) is 7.75. The Balaban J connectivity index is 1.38. The van der Waals surface area contributed by atoms with Gasteiger partial charge in [-0.1, -0.05) is 27.6 Å². The van der Waals surface area contributed by atoms with Crippen LogP contribution >= 0.6 is 15.9 Å². The average Bonchev–Trinajstić information content (AvgIpc) is 3.37. The molecule has 6 heteroatoms. The molecule has 0 atom stereocenters. The Morgan fingerprint density at radius 2 is 1.58 bits per heavy atom. The summed E-state index contributed by atoms with van der Waals surface area (Å²) in [5.74, 6) is 0.926. The first-order chi connectivity index (χ1) is 16.2. The molecule has 1 aliphatic rings. The second kappa shape index (κ2) is 8.67. The summed E-state index contributed by atoms with van der Waals surface area (Å²) in [5.41, 5.74) is 5.66. The number of aryl methyl sites for hydroxylation is 1. The number of hydrogen-bond donors (Lipinski definition) is 2. The maximum Gasteiger partial charge on any atom is 0.167 e. The van der Waals surface area contributed by atoms with Crippen LogP contribution in [0.1, 0.15) is 18.4 Å². The number of aromatic nitrogens is 2. The van der Waals surface area contributed by atoms with Crippen LogP contribution in [0, 0.1) is 6.92 Å². The molecule has 0 aliphatic carbocycles. The zero-order valence-electron chi connectivity index (χ0n) is 18.8. The average molecular weight is 506 g/mol. The normalized spacial score (nSPS) is 15.3. The zero-order valence-corrected chi connectivity index (χ0v) is 20.4. The van der Waals surface area contributed by atoms with Crippen LogP contribution in [-0.2, 0) is 4.74 Å². The number of unbranched alkanes of at least 4 members (excludes halogenated alkanes) is 1. The number of morpholine rings is 1. The molecule has 170 valence electrons. The summed E-state index contributed by atoms with van der Waals surface area (Å²) in [7, 11) is 0. The van der Waals surface area contributed by atoms with Crippen LogP contribution in [0.2, 0.25) is 0 Å². The highest BCUT2D eigenvalue weighted by atomic mass is 79.9. The van der Waals surface area contributed by atoms with Gasteiger partial charge in [0.1, 0.15) is 0 Å². The molecule has 3 heterocycles. The SMILES string of the molecule is Cc1ccc2[nH]c3c(OCCCCN4CCOCC4)c4[nH]c5ccc(Br)cc5c4cc3c2c1. The van der Waals surface area contributed by atoms with Crippen molar-refractivity contribution in [3.63, 3.8) is 0 Å². The van der Waals surface area contributed by atoms with Crippen molar-refractivity contribution in [1.82, 2.24) is 14.9 Å². The van der Waals surface area contributed by atoms with Crippen molar-refractivity contribution in [2.75, 3.05) is 39.5 Å². The number of halogens is 1. The van der Waals surface area contributed by atoms with Crippen LogP contribution in [0.25, 0.3) is 43.6 Å². The van der Waals surface area contributed by atoms with Gasteiger partial charge in [0.25, 0.3) is 0 Å². The molecule has 5 aromatic rings. The molecule has 2 N–H and O–H groups in total. The van der Waals surface area contributed by atoms with Gasteiger partial charge in [-0.25, -0.2) is 0 Å². The molecule has 0 radical (unpaired) electrons. The number of hydrogen-bond acceptors (Lipinski definition) is 3. The third-order valence-electron chi connectivity index (χ3n) is 6.76. The number of benzene rings is 3. The van der Waals surface area contributed by atoms with Gasteiger partial charge < -0.3 is 19.4 Å². The summed E-state index contributed by atoms with van der Waals surface area (Å²) >= 11 is 3.64. The lowest BCUT2D eigenvalue weighted by atomic mass is 10.1. The fraction of sp³-hybridized carbons (Fsp3) is 0.333. The lowest BCUT2D eigenvalue weighted by Crippen LogP contribution is -2.36. The van der Waals surface area contributed by atoms with Gasteiger partial charge in [0.05, 0.1) is 30.9 Å². The topological polar surface area (TPSA) is 53.3 Å². The molecule has 5 nitrogen and oxygen atoms in total. The van der Waals surface area contributed by atoms with E-state index >= 15 is 0 Å². The Labute approximate surface area is 201 Å². The third kappa shape index (κ3) is 3.90. The minimum absolute atomic E-state index is 0.700. The number of nitrogens with zero attached hydrogens (tertiary/aromatic N) is 1. The summed E-state index contributed by atoms with van der Waals surface area (Å²) in [4.78, 5) is 9.75. The largest absolute Gasteiger partial charge is 0.489 e. The second-order valence-electron chi connectivity index (χ2n) is 9.05. The van der Waals surface area contributed by atoms with Crippen molar-refractivity contribution in [3.05, 3.63) is 52.5 Å². The molecule has 3 aromatic carbocycles. The van der Waals surface area contributed by atoms with E-state index in [1.807, 2.05) is 0 Å². The van der Waals surface area contributed by atoms with E-state index in [9.17, 15) is 0 Å². The van der Waals surface area contributed by atoms with Gasteiger partial charge in [-0.05, 0) is 62.7 Å². The van der Waals surface area contributed by atoms with Crippen molar-refractivity contribution in [3.8, 4) is 5.75 Å². The van der Waals surface area contributed by atoms with E-state index in [4.69, 9.17) is 9.47 Å². The van der Waals surface area contributed by atoms with Crippen LogP contribution in [0.15, 0.2) is 46.9 Å². The highest BCUT2D eigenvalue weighted by Crippen LogP contribution is 2.41. The molecule has 0 bridgehead atoms. The maximum absolute atomic E-state index is 6.52. The van der Waals surface area contributed by atoms with Crippen molar-refractivity contribution in [2.24, 2.45) is 0 Å². The lowest BCUT2D eigenvalue weighted by molar-refractivity contribution is 0.0368. The number of ether oxygens (including phenoxy) is 2. The van der Waals surface area contributed by atoms with Gasteiger partial charge in [-0.15, -0.1) is 0 Å². The molecule has 1 saturated heterocycles. The van der Waals surface area contributed by atoms with E-state index in [0.29, 0.717) is 6.61 Å². The first-order valence-electron chi connectivity index (χ1n) is 11.8. The van der Waals surface area contributed by atoms with Gasteiger partial charge in [-0.3, -0.25) is 4.90 Å². The van der Waals surface area contributed by atoms with Gasteiger partial charge in [0.2, 0.25) is 0 Å². The number of fused-ring (bicyclic) bond motifs is 6. The molecule has 1 aliphatic heterocycles. The molecule has 6 rings (SSSR count). The number of rotatable bonds is 6. The number of nitrogens with one attached hydrogen (secondary N) is 2. The Hall–Kier alpha value is -2.54. The highest BCUT2D eigenvalue weighted by molar-refractivity contribution is 9.10. The number of H-pyrrole nitrogens is 2. The van der Waals surface area contributed by atoms with E-state index in [1.54, 1.807) is 0 Å². The van der Waals surface area contributed by atoms with E-state index < -0.39 is 0 Å². The lowest BCUT2D eigenvalue weighted by Gasteiger charge is -2.26. The number of aromatic amines is 2. The van der Waals surface area contributed by atoms with Crippen molar-refractivity contribution < 1.29 is 9.47 Å². The molecule has 0 unspecified atom stereocenters. The fourth-order valence-corrected chi connectivity index (χ4v) is 5.38. The summed E-state index contributed by atoms with van der Waals surface area (Å²) in [6, 6.07) is 15.3. The highest BCUT2D eigenvalue weighted by Gasteiger charge is 2.18. The smallest absolute Gasteiger partial charge is 0.167 e. The van der Waals surface area contributed by atoms with E-state index in [-0.39, 0.29) is 0 Å². The van der Waals surface area contributed by atoms with Crippen LogP contribution in [0.3, 0.4) is 0 Å². The van der Waals surface area contributed by atoms with Gasteiger partial charge in [0.15, 0.2) is 5.75 Å². The molecule has 1 fully saturated rings. The summed E-state index contributed by atoms with van der Waals surface area (Å²) in [6.07, 6.45) is 2.16. The Bertz CT molecular complexity index is 1370. The van der Waals surface area contributed by atoms with Crippen LogP contribution < -0.4 is 4.74 Å². The predicted molar refractivity (Wildman–Crippen MR) is 140 cm³/mol. The Kier molecular flexibility index (Phi) is 5.52. The molecule has 2 aromatic heterocycles. The molecule has 33 heavy (non-hydrogen) atoms. The van der Waals surface area contributed by atoms with Gasteiger partial charge in [0, 0.05) is 50.1 Å². The Morgan fingerprint density at radius 3 is 2.33 bits per heavy atom. The molecule has 0 spiro atoms.